The number of aliphatic hydroxyl groups is 1. The average molecular weight is 935 g/mol. The Morgan fingerprint density at radius 1 is 0.957 bits per heavy atom. The van der Waals surface area contributed by atoms with Crippen LogP contribution < -0.4 is 20.1 Å². The van der Waals surface area contributed by atoms with Gasteiger partial charge in [-0.25, -0.2) is 4.98 Å². The van der Waals surface area contributed by atoms with Crippen molar-refractivity contribution in [2.75, 3.05) is 32.6 Å². The van der Waals surface area contributed by atoms with Gasteiger partial charge in [-0.1, -0.05) is 43.7 Å². The number of ketones is 1. The number of ether oxygens (including phenoxy) is 2. The van der Waals surface area contributed by atoms with E-state index in [9.17, 15) is 25.5 Å². The summed E-state index contributed by atoms with van der Waals surface area (Å²) in [6.07, 6.45) is 13.1. The highest BCUT2D eigenvalue weighted by molar-refractivity contribution is 5.93. The first-order chi connectivity index (χ1) is 33.4. The van der Waals surface area contributed by atoms with Crippen LogP contribution in [0.25, 0.3) is 10.8 Å². The Hall–Kier alpha value is -6.50. The summed E-state index contributed by atoms with van der Waals surface area (Å²) in [4.78, 5) is 24.5. The number of hydrogen-bond acceptors (Lipinski definition) is 11. The number of anilines is 2. The van der Waals surface area contributed by atoms with Crippen LogP contribution in [0.3, 0.4) is 0 Å². The van der Waals surface area contributed by atoms with Gasteiger partial charge in [-0.05, 0) is 182 Å². The molecule has 1 fully saturated rings. The van der Waals surface area contributed by atoms with Crippen LogP contribution in [-0.4, -0.2) is 74.7 Å². The number of allylic oxidation sites excluding steroid dienone is 1. The van der Waals surface area contributed by atoms with Crippen LogP contribution in [-0.2, 0) is 23.1 Å². The Balaban J connectivity index is 1.22. The standard InChI is InChI=1S/C57H66N4O8/c1-34-7-4-8-36(23-34)33-69-52-29-39(28-50(66)56(52)67)38-25-40(32-58-2)54-45-15-14-44(62)26-37(45)13-16-46(54)61-53-31-42(19-22-60-53)57(20-5-9-41(57)30-43-10-6-21-59-43)55(49(65)27-38)48(64)18-12-35-11-17-47(63)51(24-35)68-3/h4,6,8,10-11,13-17,19,21-22,24,26,28-29,31,34,36,38,40-41,48,55,58-59,62-64,66-67H,5,7,9,12,18,20,23,25,27,30,32-33H2,1-3H3,(H,60,61). The minimum absolute atomic E-state index is 0.0186. The Kier molecular flexibility index (Phi) is 14.2. The molecule has 362 valence electrons. The lowest BCUT2D eigenvalue weighted by Gasteiger charge is -2.45. The van der Waals surface area contributed by atoms with Gasteiger partial charge in [0.05, 0.1) is 25.7 Å². The fourth-order valence-electron chi connectivity index (χ4n) is 12.2. The van der Waals surface area contributed by atoms with Crippen molar-refractivity contribution in [2.45, 2.75) is 94.5 Å². The number of carbonyl (C=O) groups is 1. The van der Waals surface area contributed by atoms with E-state index >= 15 is 4.79 Å². The number of methoxy groups -OCH3 is 1. The molecule has 4 aromatic carbocycles. The first kappa shape index (κ1) is 47.6. The summed E-state index contributed by atoms with van der Waals surface area (Å²) in [5.74, 6) is -0.535. The number of phenols is 4. The van der Waals surface area contributed by atoms with E-state index in [1.54, 1.807) is 42.6 Å². The van der Waals surface area contributed by atoms with Gasteiger partial charge < -0.3 is 50.6 Å². The van der Waals surface area contributed by atoms with E-state index in [-0.39, 0.29) is 65.1 Å². The van der Waals surface area contributed by atoms with Gasteiger partial charge in [0.2, 0.25) is 5.75 Å². The second kappa shape index (κ2) is 20.6. The maximum Gasteiger partial charge on any atom is 0.200 e. The molecule has 0 radical (unpaired) electrons. The zero-order valence-electron chi connectivity index (χ0n) is 39.8. The maximum absolute atomic E-state index is 16.2. The van der Waals surface area contributed by atoms with E-state index < -0.39 is 23.4 Å². The summed E-state index contributed by atoms with van der Waals surface area (Å²) in [5.41, 5.74) is 4.46. The highest BCUT2D eigenvalue weighted by Crippen LogP contribution is 2.56. The first-order valence-corrected chi connectivity index (χ1v) is 24.6. The van der Waals surface area contributed by atoms with Crippen molar-refractivity contribution in [3.63, 3.8) is 0 Å². The number of pyridine rings is 1. The fourth-order valence-corrected chi connectivity index (χ4v) is 12.2. The number of aromatic hydroxyl groups is 4. The Morgan fingerprint density at radius 2 is 1.83 bits per heavy atom. The summed E-state index contributed by atoms with van der Waals surface area (Å²) in [6.45, 7) is 3.04. The van der Waals surface area contributed by atoms with E-state index in [0.717, 1.165) is 64.5 Å². The van der Waals surface area contributed by atoms with E-state index in [2.05, 4.69) is 46.8 Å². The molecule has 12 nitrogen and oxygen atoms in total. The van der Waals surface area contributed by atoms with Crippen LogP contribution >= 0.6 is 0 Å². The van der Waals surface area contributed by atoms with E-state index in [0.29, 0.717) is 61.9 Å². The number of aromatic nitrogens is 2. The Morgan fingerprint density at radius 3 is 2.62 bits per heavy atom. The highest BCUT2D eigenvalue weighted by atomic mass is 16.5. The average Bonchev–Trinajstić information content (AvgIpc) is 4.02. The lowest BCUT2D eigenvalue weighted by atomic mass is 9.58. The van der Waals surface area contributed by atoms with Crippen LogP contribution in [0.5, 0.6) is 34.5 Å². The van der Waals surface area contributed by atoms with Crippen molar-refractivity contribution in [3.8, 4) is 34.5 Å². The Labute approximate surface area is 404 Å². The summed E-state index contributed by atoms with van der Waals surface area (Å²) in [7, 11) is 3.41. The fraction of sp³-hybridized carbons (Fsp3) is 0.404. The molecule has 8 N–H and O–H groups in total. The van der Waals surface area contributed by atoms with Crippen LogP contribution in [0.2, 0.25) is 0 Å². The molecule has 69 heavy (non-hydrogen) atoms. The van der Waals surface area contributed by atoms with Gasteiger partial charge in [0.25, 0.3) is 0 Å². The second-order valence-electron chi connectivity index (χ2n) is 19.9. The number of fused-ring (bicyclic) bond motifs is 6. The number of nitrogens with one attached hydrogen (secondary N) is 3. The second-order valence-corrected chi connectivity index (χ2v) is 19.9. The van der Waals surface area contributed by atoms with Crippen LogP contribution in [0.15, 0.2) is 109 Å². The summed E-state index contributed by atoms with van der Waals surface area (Å²) < 4.78 is 11.8. The molecule has 0 amide bonds. The summed E-state index contributed by atoms with van der Waals surface area (Å²) in [5, 5.41) is 65.9. The number of aliphatic hydroxyl groups excluding tert-OH is 1. The van der Waals surface area contributed by atoms with Gasteiger partial charge >= 0.3 is 0 Å². The van der Waals surface area contributed by atoms with Crippen molar-refractivity contribution in [1.29, 1.82) is 0 Å². The molecule has 8 unspecified atom stereocenters. The molecule has 12 heteroatoms. The number of aromatic amines is 1. The third-order valence-electron chi connectivity index (χ3n) is 15.4. The number of H-pyrrole nitrogens is 1. The van der Waals surface area contributed by atoms with E-state index in [1.807, 2.05) is 49.6 Å². The molecule has 3 heterocycles. The molecule has 9 rings (SSSR count). The molecule has 1 aliphatic heterocycles. The lowest BCUT2D eigenvalue weighted by molar-refractivity contribution is -0.132. The molecular weight excluding hydrogens is 869 g/mol. The summed E-state index contributed by atoms with van der Waals surface area (Å²) >= 11 is 0. The number of rotatable bonds is 13. The molecule has 8 atom stereocenters. The Bertz CT molecular complexity index is 2790. The third-order valence-corrected chi connectivity index (χ3v) is 15.4. The molecule has 6 aromatic rings. The van der Waals surface area contributed by atoms with Gasteiger partial charge in [0, 0.05) is 48.1 Å². The van der Waals surface area contributed by atoms with E-state index in [1.165, 1.54) is 7.11 Å². The van der Waals surface area contributed by atoms with Crippen molar-refractivity contribution in [2.24, 2.45) is 23.7 Å². The van der Waals surface area contributed by atoms with Crippen molar-refractivity contribution in [3.05, 3.63) is 137 Å². The number of likely N-dealkylation sites (N-methyl/N-ethyl adjacent to an activating group) is 1. The third kappa shape index (κ3) is 10.0. The van der Waals surface area contributed by atoms with Gasteiger partial charge in [-0.2, -0.15) is 0 Å². The number of phenolic OH excluding ortho intramolecular Hbond substituents is 4. The molecule has 1 saturated carbocycles. The molecule has 0 saturated heterocycles. The molecule has 2 aromatic heterocycles. The van der Waals surface area contributed by atoms with Gasteiger partial charge in [-0.15, -0.1) is 0 Å². The van der Waals surface area contributed by atoms with Crippen molar-refractivity contribution >= 4 is 28.1 Å². The lowest BCUT2D eigenvalue weighted by Crippen LogP contribution is -2.50. The number of nitrogens with zero attached hydrogens (tertiary/aromatic N) is 1. The van der Waals surface area contributed by atoms with Gasteiger partial charge in [0.15, 0.2) is 23.0 Å². The summed E-state index contributed by atoms with van der Waals surface area (Å²) in [6, 6.07) is 26.1. The normalized spacial score (nSPS) is 24.2. The first-order valence-electron chi connectivity index (χ1n) is 24.6. The zero-order valence-corrected chi connectivity index (χ0v) is 39.8. The molecular formula is C57H66N4O8. The van der Waals surface area contributed by atoms with E-state index in [4.69, 9.17) is 14.5 Å². The topological polar surface area (TPSA) is 189 Å². The number of hydrogen-bond donors (Lipinski definition) is 8. The maximum atomic E-state index is 16.2. The molecule has 2 aliphatic carbocycles. The SMILES string of the molecule is CNCC1CC(c2cc(O)c(O)c(OCC3C=CCC(C)C3)c2)CC(=O)C(C(O)CCc2ccc(O)c(OC)c2)C2(CCCC2Cc2ccc[nH]2)c2ccnc(c2)Nc2ccc3cc(O)ccc3c21. The minimum atomic E-state index is -1.09. The number of aryl methyl sites for hydroxylation is 1. The zero-order chi connectivity index (χ0) is 48.2. The predicted octanol–water partition coefficient (Wildman–Crippen LogP) is 10.5. The molecule has 1 spiro atoms. The number of Topliss-reactive ketones (excluding diaryl/α,β-unsaturated/α-hetero) is 1. The van der Waals surface area contributed by atoms with Crippen LogP contribution in [0, 0.1) is 23.7 Å². The molecule has 3 aliphatic rings. The van der Waals surface area contributed by atoms with Crippen molar-refractivity contribution < 1.29 is 39.8 Å². The minimum Gasteiger partial charge on any atom is -0.508 e. The van der Waals surface area contributed by atoms with Crippen LogP contribution in [0.4, 0.5) is 11.5 Å². The molecule has 2 bridgehead atoms. The van der Waals surface area contributed by atoms with Crippen molar-refractivity contribution in [1.82, 2.24) is 15.3 Å². The van der Waals surface area contributed by atoms with Gasteiger partial charge in [-0.3, -0.25) is 4.79 Å². The largest absolute Gasteiger partial charge is 0.508 e. The number of carbonyl (C=O) groups excluding carboxylic acids is 1. The smallest absolute Gasteiger partial charge is 0.200 e. The monoisotopic (exact) mass is 934 g/mol. The van der Waals surface area contributed by atoms with Gasteiger partial charge in [0.1, 0.15) is 17.4 Å². The van der Waals surface area contributed by atoms with Crippen LogP contribution in [0.1, 0.15) is 98.1 Å². The highest BCUT2D eigenvalue weighted by Gasteiger charge is 2.55. The quantitative estimate of drug-likeness (QED) is 0.0406. The predicted molar refractivity (Wildman–Crippen MR) is 269 cm³/mol. The number of benzene rings is 4.